The van der Waals surface area contributed by atoms with Gasteiger partial charge >= 0.3 is 0 Å². The van der Waals surface area contributed by atoms with Gasteiger partial charge < -0.3 is 5.11 Å². The summed E-state index contributed by atoms with van der Waals surface area (Å²) in [5.41, 5.74) is 0.614. The Hall–Kier alpha value is -0.480. The van der Waals surface area contributed by atoms with Crippen molar-refractivity contribution < 1.29 is 5.11 Å². The van der Waals surface area contributed by atoms with E-state index in [0.717, 1.165) is 31.4 Å². The van der Waals surface area contributed by atoms with E-state index in [9.17, 15) is 5.11 Å². The van der Waals surface area contributed by atoms with Crippen LogP contribution in [0, 0.1) is 0 Å². The normalized spacial score (nSPS) is 30.6. The van der Waals surface area contributed by atoms with Gasteiger partial charge in [-0.1, -0.05) is 6.92 Å². The van der Waals surface area contributed by atoms with Crippen LogP contribution < -0.4 is 0 Å². The zero-order valence-electron chi connectivity index (χ0n) is 10.0. The highest BCUT2D eigenvalue weighted by Gasteiger charge is 2.36. The van der Waals surface area contributed by atoms with E-state index in [4.69, 9.17) is 0 Å². The fraction of sp³-hybridized carbons (Fsp3) is 0.750. The van der Waals surface area contributed by atoms with Gasteiger partial charge in [0.2, 0.25) is 0 Å². The number of nitrogens with zero attached hydrogens (tertiary/aromatic N) is 2. The maximum Gasteiger partial charge on any atom is 0.0804 e. The molecule has 0 spiro atoms. The van der Waals surface area contributed by atoms with Crippen LogP contribution in [0.2, 0.25) is 0 Å². The van der Waals surface area contributed by atoms with Gasteiger partial charge in [0, 0.05) is 24.4 Å². The first-order valence-corrected chi connectivity index (χ1v) is 7.04. The van der Waals surface area contributed by atoms with E-state index in [-0.39, 0.29) is 0 Å². The van der Waals surface area contributed by atoms with Gasteiger partial charge in [-0.2, -0.15) is 16.9 Å². The first-order valence-electron chi connectivity index (χ1n) is 5.99. The molecule has 2 heterocycles. The van der Waals surface area contributed by atoms with Crippen LogP contribution in [0.5, 0.6) is 0 Å². The molecular formula is C12H20N2OS. The number of aromatic nitrogens is 2. The van der Waals surface area contributed by atoms with Gasteiger partial charge in [-0.25, -0.2) is 0 Å². The summed E-state index contributed by atoms with van der Waals surface area (Å²) in [4.78, 5) is 0. The van der Waals surface area contributed by atoms with E-state index in [1.54, 1.807) is 0 Å². The molecule has 0 amide bonds. The summed E-state index contributed by atoms with van der Waals surface area (Å²) in [6.07, 6.45) is 6.70. The highest BCUT2D eigenvalue weighted by molar-refractivity contribution is 8.00. The quantitative estimate of drug-likeness (QED) is 0.879. The van der Waals surface area contributed by atoms with Crippen molar-refractivity contribution in [3.05, 3.63) is 18.0 Å². The van der Waals surface area contributed by atoms with Crippen LogP contribution in [-0.4, -0.2) is 31.5 Å². The molecule has 2 atom stereocenters. The van der Waals surface area contributed by atoms with Crippen molar-refractivity contribution in [1.29, 1.82) is 0 Å². The van der Waals surface area contributed by atoms with Gasteiger partial charge in [0.05, 0.1) is 11.8 Å². The van der Waals surface area contributed by atoms with Crippen LogP contribution >= 0.6 is 11.8 Å². The molecule has 1 N–H and O–H groups in total. The summed E-state index contributed by atoms with van der Waals surface area (Å²) in [5, 5.41) is 15.2. The van der Waals surface area contributed by atoms with Gasteiger partial charge in [0.1, 0.15) is 0 Å². The minimum absolute atomic E-state index is 0.325. The van der Waals surface area contributed by atoms with Gasteiger partial charge in [-0.15, -0.1) is 0 Å². The van der Waals surface area contributed by atoms with Crippen LogP contribution in [0.4, 0.5) is 0 Å². The fourth-order valence-electron chi connectivity index (χ4n) is 2.25. The number of hydrogen-bond donors (Lipinski definition) is 1. The molecule has 90 valence electrons. The predicted molar refractivity (Wildman–Crippen MR) is 67.7 cm³/mol. The second kappa shape index (κ2) is 4.80. The number of rotatable bonds is 3. The molecule has 0 saturated carbocycles. The molecule has 3 nitrogen and oxygen atoms in total. The highest BCUT2D eigenvalue weighted by Crippen LogP contribution is 2.36. The lowest BCUT2D eigenvalue weighted by Gasteiger charge is -2.37. The molecule has 1 fully saturated rings. The molecule has 2 rings (SSSR count). The molecule has 4 heteroatoms. The molecular weight excluding hydrogens is 220 g/mol. The van der Waals surface area contributed by atoms with E-state index in [0.29, 0.717) is 5.25 Å². The summed E-state index contributed by atoms with van der Waals surface area (Å²) in [6, 6.07) is 0. The summed E-state index contributed by atoms with van der Waals surface area (Å²) >= 11 is 1.88. The van der Waals surface area contributed by atoms with Crippen molar-refractivity contribution >= 4 is 11.8 Å². The average molecular weight is 240 g/mol. The topological polar surface area (TPSA) is 38.0 Å². The largest absolute Gasteiger partial charge is 0.388 e. The van der Waals surface area contributed by atoms with Crippen molar-refractivity contribution in [2.24, 2.45) is 0 Å². The lowest BCUT2D eigenvalue weighted by atomic mass is 9.88. The lowest BCUT2D eigenvalue weighted by molar-refractivity contribution is 0.0297. The van der Waals surface area contributed by atoms with Gasteiger partial charge in [-0.3, -0.25) is 4.68 Å². The molecule has 0 radical (unpaired) electrons. The summed E-state index contributed by atoms with van der Waals surface area (Å²) in [5.74, 6) is 1.18. The zero-order chi connectivity index (χ0) is 11.6. The Labute approximate surface area is 101 Å². The van der Waals surface area contributed by atoms with Crippen molar-refractivity contribution in [3.63, 3.8) is 0 Å². The summed E-state index contributed by atoms with van der Waals surface area (Å²) in [7, 11) is 0. The van der Waals surface area contributed by atoms with Crippen LogP contribution in [0.3, 0.4) is 0 Å². The van der Waals surface area contributed by atoms with Crippen molar-refractivity contribution in [1.82, 2.24) is 9.78 Å². The summed E-state index contributed by atoms with van der Waals surface area (Å²) < 4.78 is 1.92. The van der Waals surface area contributed by atoms with E-state index in [1.165, 1.54) is 5.75 Å². The molecule has 0 aromatic carbocycles. The second-order valence-electron chi connectivity index (χ2n) is 4.60. The zero-order valence-corrected chi connectivity index (χ0v) is 10.8. The van der Waals surface area contributed by atoms with E-state index >= 15 is 0 Å². The molecule has 0 aliphatic carbocycles. The van der Waals surface area contributed by atoms with Crippen LogP contribution in [0.1, 0.15) is 32.3 Å². The first kappa shape index (κ1) is 12.0. The van der Waals surface area contributed by atoms with Crippen LogP contribution in [-0.2, 0) is 13.0 Å². The molecule has 1 saturated heterocycles. The second-order valence-corrected chi connectivity index (χ2v) is 6.05. The van der Waals surface area contributed by atoms with Crippen molar-refractivity contribution in [2.75, 3.05) is 5.75 Å². The number of aryl methyl sites for hydroxylation is 1. The molecule has 1 aliphatic heterocycles. The SMILES string of the molecule is CCn1cc(CC2(O)CCCSC2C)cn1. The Morgan fingerprint density at radius 3 is 3.12 bits per heavy atom. The highest BCUT2D eigenvalue weighted by atomic mass is 32.2. The van der Waals surface area contributed by atoms with Crippen LogP contribution in [0.25, 0.3) is 0 Å². The molecule has 16 heavy (non-hydrogen) atoms. The maximum atomic E-state index is 10.6. The Bertz CT molecular complexity index is 353. The lowest BCUT2D eigenvalue weighted by Crippen LogP contribution is -2.43. The Morgan fingerprint density at radius 2 is 2.50 bits per heavy atom. The minimum atomic E-state index is -0.537. The minimum Gasteiger partial charge on any atom is -0.388 e. The monoisotopic (exact) mass is 240 g/mol. The maximum absolute atomic E-state index is 10.6. The summed E-state index contributed by atoms with van der Waals surface area (Å²) in [6.45, 7) is 5.10. The van der Waals surface area contributed by atoms with Gasteiger partial charge in [0.25, 0.3) is 0 Å². The third kappa shape index (κ3) is 2.43. The third-order valence-electron chi connectivity index (χ3n) is 3.40. The smallest absolute Gasteiger partial charge is 0.0804 e. The van der Waals surface area contributed by atoms with Crippen molar-refractivity contribution in [2.45, 2.75) is 50.5 Å². The van der Waals surface area contributed by atoms with E-state index < -0.39 is 5.60 Å². The Morgan fingerprint density at radius 1 is 1.69 bits per heavy atom. The van der Waals surface area contributed by atoms with E-state index in [2.05, 4.69) is 18.9 Å². The Balaban J connectivity index is 2.06. The van der Waals surface area contributed by atoms with Gasteiger partial charge in [-0.05, 0) is 31.1 Å². The first-order chi connectivity index (χ1) is 7.64. The molecule has 0 bridgehead atoms. The average Bonchev–Trinajstić information content (AvgIpc) is 2.70. The molecule has 1 aliphatic rings. The standard InChI is InChI=1S/C12H20N2OS/c1-3-14-9-11(8-13-14)7-12(15)5-4-6-16-10(12)2/h8-10,15H,3-7H2,1-2H3. The fourth-order valence-corrected chi connectivity index (χ4v) is 3.43. The molecule has 1 aromatic rings. The Kier molecular flexibility index (Phi) is 3.60. The molecule has 2 unspecified atom stereocenters. The number of aliphatic hydroxyl groups is 1. The van der Waals surface area contributed by atoms with Crippen LogP contribution in [0.15, 0.2) is 12.4 Å². The predicted octanol–water partition coefficient (Wildman–Crippen LogP) is 2.09. The van der Waals surface area contributed by atoms with Gasteiger partial charge in [0.15, 0.2) is 0 Å². The number of thioether (sulfide) groups is 1. The third-order valence-corrected chi connectivity index (χ3v) is 4.86. The van der Waals surface area contributed by atoms with Crippen molar-refractivity contribution in [3.8, 4) is 0 Å². The van der Waals surface area contributed by atoms with E-state index in [1.807, 2.05) is 28.8 Å². The molecule has 1 aromatic heterocycles. The number of hydrogen-bond acceptors (Lipinski definition) is 3.